The molecule has 100 valence electrons. The summed E-state index contributed by atoms with van der Waals surface area (Å²) in [7, 11) is 0. The van der Waals surface area contributed by atoms with Crippen molar-refractivity contribution < 1.29 is 0 Å². The molecule has 1 fully saturated rings. The Morgan fingerprint density at radius 3 is 2.56 bits per heavy atom. The van der Waals surface area contributed by atoms with Gasteiger partial charge in [0.05, 0.1) is 0 Å². The summed E-state index contributed by atoms with van der Waals surface area (Å²) in [5.74, 6) is 2.82. The average molecular weight is 268 g/mol. The van der Waals surface area contributed by atoms with Crippen molar-refractivity contribution >= 4 is 17.4 Å². The van der Waals surface area contributed by atoms with Gasteiger partial charge in [0.2, 0.25) is 0 Å². The fourth-order valence-corrected chi connectivity index (χ4v) is 2.57. The lowest BCUT2D eigenvalue weighted by Crippen LogP contribution is -2.14. The minimum Gasteiger partial charge on any atom is -0.369 e. The normalized spacial score (nSPS) is 16.5. The first kappa shape index (κ1) is 13.6. The van der Waals surface area contributed by atoms with Crippen molar-refractivity contribution in [2.45, 2.75) is 52.4 Å². The predicted octanol–water partition coefficient (Wildman–Crippen LogP) is 4.16. The minimum absolute atomic E-state index is 0.301. The zero-order valence-corrected chi connectivity index (χ0v) is 12.2. The molecule has 1 N–H and O–H groups in total. The topological polar surface area (TPSA) is 37.8 Å². The van der Waals surface area contributed by atoms with Gasteiger partial charge in [-0.3, -0.25) is 0 Å². The second-order valence-electron chi connectivity index (χ2n) is 5.53. The molecular formula is C14H22ClN3. The molecule has 2 rings (SSSR count). The van der Waals surface area contributed by atoms with E-state index in [2.05, 4.69) is 29.1 Å². The fourth-order valence-electron chi connectivity index (χ4n) is 2.39. The number of halogens is 1. The van der Waals surface area contributed by atoms with Crippen LogP contribution in [0.5, 0.6) is 0 Å². The molecule has 0 spiro atoms. The van der Waals surface area contributed by atoms with E-state index in [4.69, 9.17) is 11.6 Å². The monoisotopic (exact) mass is 267 g/mol. The van der Waals surface area contributed by atoms with Crippen LogP contribution in [0.4, 0.5) is 5.82 Å². The summed E-state index contributed by atoms with van der Waals surface area (Å²) in [5, 5.41) is 4.03. The van der Waals surface area contributed by atoms with Gasteiger partial charge in [0.25, 0.3) is 0 Å². The van der Waals surface area contributed by atoms with Crippen molar-refractivity contribution in [2.24, 2.45) is 5.92 Å². The number of nitrogens with zero attached hydrogens (tertiary/aromatic N) is 2. The highest BCUT2D eigenvalue weighted by atomic mass is 35.5. The molecule has 0 unspecified atom stereocenters. The zero-order chi connectivity index (χ0) is 13.1. The molecule has 0 bridgehead atoms. The second-order valence-corrected chi connectivity index (χ2v) is 5.89. The lowest BCUT2D eigenvalue weighted by molar-refractivity contribution is 0.578. The van der Waals surface area contributed by atoms with Crippen LogP contribution in [0.1, 0.15) is 56.8 Å². The van der Waals surface area contributed by atoms with Crippen LogP contribution >= 0.6 is 11.6 Å². The van der Waals surface area contributed by atoms with E-state index >= 15 is 0 Å². The maximum absolute atomic E-state index is 6.17. The molecule has 1 aromatic rings. The molecule has 0 aromatic carbocycles. The summed E-state index contributed by atoms with van der Waals surface area (Å²) >= 11 is 6.17. The smallest absolute Gasteiger partial charge is 0.137 e. The van der Waals surface area contributed by atoms with Crippen LogP contribution in [0.3, 0.4) is 0 Å². The maximum atomic E-state index is 6.17. The van der Waals surface area contributed by atoms with E-state index < -0.39 is 0 Å². The highest BCUT2D eigenvalue weighted by molar-refractivity contribution is 6.30. The number of rotatable bonds is 4. The number of nitrogens with one attached hydrogen (secondary N) is 1. The van der Waals surface area contributed by atoms with Gasteiger partial charge in [-0.2, -0.15) is 0 Å². The molecule has 0 amide bonds. The largest absolute Gasteiger partial charge is 0.369 e. The van der Waals surface area contributed by atoms with Crippen LogP contribution in [0.15, 0.2) is 0 Å². The van der Waals surface area contributed by atoms with Crippen LogP contribution in [0.25, 0.3) is 0 Å². The molecule has 0 radical (unpaired) electrons. The first-order valence-corrected chi connectivity index (χ1v) is 7.23. The van der Waals surface area contributed by atoms with Crippen molar-refractivity contribution in [1.29, 1.82) is 0 Å². The van der Waals surface area contributed by atoms with Gasteiger partial charge in [-0.1, -0.05) is 38.3 Å². The lowest BCUT2D eigenvalue weighted by atomic mass is 10.1. The summed E-state index contributed by atoms with van der Waals surface area (Å²) in [5.41, 5.74) is 0.957. The number of hydrogen-bond acceptors (Lipinski definition) is 3. The Bertz CT molecular complexity index is 412. The maximum Gasteiger partial charge on any atom is 0.137 e. The third kappa shape index (κ3) is 3.14. The molecule has 4 heteroatoms. The van der Waals surface area contributed by atoms with E-state index in [1.165, 1.54) is 25.7 Å². The summed E-state index contributed by atoms with van der Waals surface area (Å²) in [6, 6.07) is 0. The summed E-state index contributed by atoms with van der Waals surface area (Å²) in [6.07, 6.45) is 5.41. The van der Waals surface area contributed by atoms with E-state index in [1.54, 1.807) is 0 Å². The van der Waals surface area contributed by atoms with E-state index in [1.807, 2.05) is 6.92 Å². The Balaban J connectivity index is 2.10. The molecule has 18 heavy (non-hydrogen) atoms. The molecule has 0 saturated heterocycles. The first-order valence-electron chi connectivity index (χ1n) is 6.86. The van der Waals surface area contributed by atoms with Gasteiger partial charge in [0.1, 0.15) is 16.8 Å². The summed E-state index contributed by atoms with van der Waals surface area (Å²) in [6.45, 7) is 7.15. The van der Waals surface area contributed by atoms with Crippen molar-refractivity contribution in [1.82, 2.24) is 9.97 Å². The van der Waals surface area contributed by atoms with E-state index in [9.17, 15) is 0 Å². The molecular weight excluding hydrogens is 246 g/mol. The van der Waals surface area contributed by atoms with Gasteiger partial charge in [0.15, 0.2) is 0 Å². The Labute approximate surface area is 114 Å². The van der Waals surface area contributed by atoms with Crippen LogP contribution in [0.2, 0.25) is 5.15 Å². The summed E-state index contributed by atoms with van der Waals surface area (Å²) in [4.78, 5) is 8.91. The standard InChI is InChI=1S/C14H22ClN3/c1-9(2)13-17-12(15)10(3)14(18-13)16-8-11-6-4-5-7-11/h9,11H,4-8H2,1-3H3,(H,16,17,18). The quantitative estimate of drug-likeness (QED) is 0.833. The van der Waals surface area contributed by atoms with Gasteiger partial charge in [0, 0.05) is 18.0 Å². The van der Waals surface area contributed by atoms with Crippen molar-refractivity contribution in [3.63, 3.8) is 0 Å². The van der Waals surface area contributed by atoms with Crippen molar-refractivity contribution in [2.75, 3.05) is 11.9 Å². The molecule has 0 aliphatic heterocycles. The van der Waals surface area contributed by atoms with E-state index in [-0.39, 0.29) is 0 Å². The van der Waals surface area contributed by atoms with Crippen LogP contribution in [0, 0.1) is 12.8 Å². The highest BCUT2D eigenvalue weighted by Gasteiger charge is 2.16. The SMILES string of the molecule is Cc1c(Cl)nc(C(C)C)nc1NCC1CCCC1. The van der Waals surface area contributed by atoms with Crippen LogP contribution in [-0.2, 0) is 0 Å². The highest BCUT2D eigenvalue weighted by Crippen LogP contribution is 2.27. The van der Waals surface area contributed by atoms with Crippen molar-refractivity contribution in [3.8, 4) is 0 Å². The second kappa shape index (κ2) is 5.87. The van der Waals surface area contributed by atoms with Gasteiger partial charge < -0.3 is 5.32 Å². The van der Waals surface area contributed by atoms with Crippen LogP contribution < -0.4 is 5.32 Å². The molecule has 1 saturated carbocycles. The van der Waals surface area contributed by atoms with Gasteiger partial charge in [-0.05, 0) is 25.7 Å². The Kier molecular flexibility index (Phi) is 4.44. The molecule has 1 heterocycles. The van der Waals surface area contributed by atoms with Crippen LogP contribution in [-0.4, -0.2) is 16.5 Å². The molecule has 0 atom stereocenters. The third-order valence-electron chi connectivity index (χ3n) is 3.65. The Hall–Kier alpha value is -0.830. The average Bonchev–Trinajstić information content (AvgIpc) is 2.83. The molecule has 1 aliphatic rings. The third-order valence-corrected chi connectivity index (χ3v) is 4.02. The number of aromatic nitrogens is 2. The number of hydrogen-bond donors (Lipinski definition) is 1. The first-order chi connectivity index (χ1) is 8.58. The summed E-state index contributed by atoms with van der Waals surface area (Å²) < 4.78 is 0. The van der Waals surface area contributed by atoms with Gasteiger partial charge in [-0.15, -0.1) is 0 Å². The molecule has 1 aromatic heterocycles. The van der Waals surface area contributed by atoms with Gasteiger partial charge in [-0.25, -0.2) is 9.97 Å². The number of anilines is 1. The van der Waals surface area contributed by atoms with Gasteiger partial charge >= 0.3 is 0 Å². The lowest BCUT2D eigenvalue weighted by Gasteiger charge is -2.15. The Morgan fingerprint density at radius 1 is 1.28 bits per heavy atom. The fraction of sp³-hybridized carbons (Fsp3) is 0.714. The molecule has 3 nitrogen and oxygen atoms in total. The van der Waals surface area contributed by atoms with E-state index in [0.29, 0.717) is 11.1 Å². The van der Waals surface area contributed by atoms with E-state index in [0.717, 1.165) is 29.7 Å². The molecule has 1 aliphatic carbocycles. The Morgan fingerprint density at radius 2 is 1.94 bits per heavy atom. The predicted molar refractivity (Wildman–Crippen MR) is 76.3 cm³/mol. The zero-order valence-electron chi connectivity index (χ0n) is 11.5. The van der Waals surface area contributed by atoms with Crippen molar-refractivity contribution in [3.05, 3.63) is 16.5 Å². The minimum atomic E-state index is 0.301.